The minimum atomic E-state index is 0.175. The van der Waals surface area contributed by atoms with Gasteiger partial charge in [0.05, 0.1) is 18.8 Å². The molecule has 0 aliphatic carbocycles. The highest BCUT2D eigenvalue weighted by molar-refractivity contribution is 5.30. The van der Waals surface area contributed by atoms with Gasteiger partial charge in [-0.2, -0.15) is 4.68 Å². The molecule has 2 aliphatic rings. The van der Waals surface area contributed by atoms with Crippen LogP contribution in [-0.4, -0.2) is 62.6 Å². The summed E-state index contributed by atoms with van der Waals surface area (Å²) in [4.78, 5) is 2.36. The van der Waals surface area contributed by atoms with Crippen molar-refractivity contribution < 1.29 is 9.84 Å². The number of tetrazole rings is 1. The first kappa shape index (κ1) is 16.6. The number of likely N-dealkylation sites (tertiary alicyclic amines) is 1. The minimum absolute atomic E-state index is 0.175. The predicted octanol–water partition coefficient (Wildman–Crippen LogP) is 1.42. The van der Waals surface area contributed by atoms with E-state index in [9.17, 15) is 5.11 Å². The zero-order valence-electron chi connectivity index (χ0n) is 14.4. The molecule has 2 aliphatic heterocycles. The van der Waals surface area contributed by atoms with Gasteiger partial charge in [-0.05, 0) is 53.7 Å². The van der Waals surface area contributed by atoms with E-state index in [1.54, 1.807) is 4.68 Å². The van der Waals surface area contributed by atoms with Gasteiger partial charge in [-0.1, -0.05) is 18.2 Å². The molecule has 1 atom stereocenters. The van der Waals surface area contributed by atoms with Crippen molar-refractivity contribution in [1.82, 2.24) is 25.1 Å². The number of hydrogen-bond donors (Lipinski definition) is 1. The minimum Gasteiger partial charge on any atom is -0.395 e. The van der Waals surface area contributed by atoms with Crippen molar-refractivity contribution in [1.29, 1.82) is 0 Å². The highest BCUT2D eigenvalue weighted by atomic mass is 16.5. The monoisotopic (exact) mass is 343 g/mol. The van der Waals surface area contributed by atoms with Crippen LogP contribution in [0.4, 0.5) is 0 Å². The van der Waals surface area contributed by atoms with Crippen molar-refractivity contribution in [2.75, 3.05) is 26.4 Å². The number of hydrogen-bond acceptors (Lipinski definition) is 6. The lowest BCUT2D eigenvalue weighted by Gasteiger charge is -2.48. The summed E-state index contributed by atoms with van der Waals surface area (Å²) in [5.41, 5.74) is 1.27. The van der Waals surface area contributed by atoms with Crippen LogP contribution in [0, 0.1) is 5.41 Å². The summed E-state index contributed by atoms with van der Waals surface area (Å²) in [5.74, 6) is 0.814. The summed E-state index contributed by atoms with van der Waals surface area (Å²) >= 11 is 0. The number of para-hydroxylation sites is 1. The topological polar surface area (TPSA) is 76.3 Å². The normalized spacial score (nSPS) is 23.8. The molecule has 0 bridgehead atoms. The molecule has 4 rings (SSSR count). The summed E-state index contributed by atoms with van der Waals surface area (Å²) in [5, 5.41) is 22.1. The Bertz CT molecular complexity index is 684. The summed E-state index contributed by atoms with van der Waals surface area (Å²) in [7, 11) is 0. The summed E-state index contributed by atoms with van der Waals surface area (Å²) in [6, 6.07) is 10.1. The van der Waals surface area contributed by atoms with Crippen LogP contribution in [0.1, 0.15) is 31.5 Å². The molecular formula is C18H25N5O2. The standard InChI is InChI=1S/C18H25N5O2/c24-13-16-6-7-18(8-10-25-11-9-18)14-22(16)12-17-19-20-21-23(17)15-4-2-1-3-5-15/h1-5,16,24H,6-14H2. The van der Waals surface area contributed by atoms with Crippen LogP contribution >= 0.6 is 0 Å². The third-order valence-corrected chi connectivity index (χ3v) is 5.71. The fraction of sp³-hybridized carbons (Fsp3) is 0.611. The average Bonchev–Trinajstić information content (AvgIpc) is 3.12. The quantitative estimate of drug-likeness (QED) is 0.905. The van der Waals surface area contributed by atoms with E-state index >= 15 is 0 Å². The zero-order chi connectivity index (χ0) is 17.1. The molecule has 2 fully saturated rings. The molecule has 0 radical (unpaired) electrons. The maximum absolute atomic E-state index is 9.84. The van der Waals surface area contributed by atoms with Crippen LogP contribution in [0.5, 0.6) is 0 Å². The third kappa shape index (κ3) is 3.44. The van der Waals surface area contributed by atoms with Crippen molar-refractivity contribution in [3.8, 4) is 5.69 Å². The number of aromatic nitrogens is 4. The van der Waals surface area contributed by atoms with E-state index in [1.165, 1.54) is 6.42 Å². The van der Waals surface area contributed by atoms with E-state index in [2.05, 4.69) is 20.4 Å². The van der Waals surface area contributed by atoms with Crippen LogP contribution in [0.15, 0.2) is 30.3 Å². The first-order valence-corrected chi connectivity index (χ1v) is 9.05. The molecule has 7 heteroatoms. The molecular weight excluding hydrogens is 318 g/mol. The van der Waals surface area contributed by atoms with E-state index < -0.39 is 0 Å². The smallest absolute Gasteiger partial charge is 0.170 e. The molecule has 1 aromatic heterocycles. The number of ether oxygens (including phenoxy) is 1. The van der Waals surface area contributed by atoms with Crippen LogP contribution < -0.4 is 0 Å². The lowest BCUT2D eigenvalue weighted by Crippen LogP contribution is -2.51. The maximum Gasteiger partial charge on any atom is 0.170 e. The fourth-order valence-corrected chi connectivity index (χ4v) is 4.15. The zero-order valence-corrected chi connectivity index (χ0v) is 14.4. The van der Waals surface area contributed by atoms with E-state index in [0.29, 0.717) is 12.0 Å². The molecule has 1 N–H and O–H groups in total. The fourth-order valence-electron chi connectivity index (χ4n) is 4.15. The van der Waals surface area contributed by atoms with Crippen molar-refractivity contribution in [3.63, 3.8) is 0 Å². The van der Waals surface area contributed by atoms with E-state index in [-0.39, 0.29) is 12.6 Å². The molecule has 25 heavy (non-hydrogen) atoms. The molecule has 3 heterocycles. The number of aliphatic hydroxyl groups is 1. The summed E-state index contributed by atoms with van der Waals surface area (Å²) in [6.45, 7) is 3.50. The Kier molecular flexibility index (Phi) is 4.78. The number of benzene rings is 1. The second kappa shape index (κ2) is 7.19. The van der Waals surface area contributed by atoms with Crippen molar-refractivity contribution >= 4 is 0 Å². The van der Waals surface area contributed by atoms with Crippen molar-refractivity contribution in [3.05, 3.63) is 36.2 Å². The van der Waals surface area contributed by atoms with E-state index in [4.69, 9.17) is 4.74 Å². The Labute approximate surface area is 147 Å². The first-order valence-electron chi connectivity index (χ1n) is 9.05. The van der Waals surface area contributed by atoms with Gasteiger partial charge in [0.25, 0.3) is 0 Å². The maximum atomic E-state index is 9.84. The Morgan fingerprint density at radius 2 is 1.96 bits per heavy atom. The second-order valence-corrected chi connectivity index (χ2v) is 7.23. The molecule has 1 unspecified atom stereocenters. The van der Waals surface area contributed by atoms with Crippen molar-refractivity contribution in [2.45, 2.75) is 38.3 Å². The molecule has 0 amide bonds. The van der Waals surface area contributed by atoms with Crippen LogP contribution in [0.2, 0.25) is 0 Å². The van der Waals surface area contributed by atoms with Gasteiger partial charge in [-0.25, -0.2) is 0 Å². The molecule has 134 valence electrons. The molecule has 2 aromatic rings. The SMILES string of the molecule is OCC1CCC2(CCOCC2)CN1Cc1nnnn1-c1ccccc1. The third-order valence-electron chi connectivity index (χ3n) is 5.71. The van der Waals surface area contributed by atoms with Gasteiger partial charge in [-0.15, -0.1) is 5.10 Å². The summed E-state index contributed by atoms with van der Waals surface area (Å²) < 4.78 is 7.36. The first-order chi connectivity index (χ1) is 12.3. The Morgan fingerprint density at radius 1 is 1.16 bits per heavy atom. The van der Waals surface area contributed by atoms with Crippen LogP contribution in [0.3, 0.4) is 0 Å². The Morgan fingerprint density at radius 3 is 2.72 bits per heavy atom. The van der Waals surface area contributed by atoms with Gasteiger partial charge in [0, 0.05) is 25.8 Å². The number of aliphatic hydroxyl groups excluding tert-OH is 1. The lowest BCUT2D eigenvalue weighted by atomic mass is 9.72. The molecule has 1 aromatic carbocycles. The number of nitrogens with zero attached hydrogens (tertiary/aromatic N) is 5. The number of rotatable bonds is 4. The average molecular weight is 343 g/mol. The van der Waals surface area contributed by atoms with E-state index in [0.717, 1.165) is 50.5 Å². The van der Waals surface area contributed by atoms with Gasteiger partial charge in [0.2, 0.25) is 0 Å². The van der Waals surface area contributed by atoms with Gasteiger partial charge in [-0.3, -0.25) is 4.90 Å². The largest absolute Gasteiger partial charge is 0.395 e. The van der Waals surface area contributed by atoms with Crippen molar-refractivity contribution in [2.24, 2.45) is 5.41 Å². The van der Waals surface area contributed by atoms with Gasteiger partial charge in [0.15, 0.2) is 5.82 Å². The number of piperidine rings is 1. The molecule has 0 saturated carbocycles. The predicted molar refractivity (Wildman–Crippen MR) is 92.2 cm³/mol. The lowest BCUT2D eigenvalue weighted by molar-refractivity contribution is -0.0558. The molecule has 1 spiro atoms. The van der Waals surface area contributed by atoms with Gasteiger partial charge < -0.3 is 9.84 Å². The van der Waals surface area contributed by atoms with E-state index in [1.807, 2.05) is 30.3 Å². The Hall–Kier alpha value is -1.83. The Balaban J connectivity index is 1.55. The van der Waals surface area contributed by atoms with Crippen LogP contribution in [-0.2, 0) is 11.3 Å². The highest BCUT2D eigenvalue weighted by Crippen LogP contribution is 2.41. The molecule has 2 saturated heterocycles. The van der Waals surface area contributed by atoms with Gasteiger partial charge in [0.1, 0.15) is 0 Å². The van der Waals surface area contributed by atoms with Crippen LogP contribution in [0.25, 0.3) is 5.69 Å². The second-order valence-electron chi connectivity index (χ2n) is 7.23. The summed E-state index contributed by atoms with van der Waals surface area (Å²) in [6.07, 6.45) is 4.39. The highest BCUT2D eigenvalue weighted by Gasteiger charge is 2.40. The molecule has 7 nitrogen and oxygen atoms in total. The van der Waals surface area contributed by atoms with Gasteiger partial charge >= 0.3 is 0 Å².